The number of rotatable bonds is 9. The molecule has 58 heavy (non-hydrogen) atoms. The molecule has 0 spiro atoms. The van der Waals surface area contributed by atoms with E-state index in [2.05, 4.69) is 26.2 Å². The monoisotopic (exact) mass is 769 g/mol. The summed E-state index contributed by atoms with van der Waals surface area (Å²) in [5, 5.41) is 37.0. The number of anilines is 2. The molecular formula is C43H27N7O8. The van der Waals surface area contributed by atoms with Crippen molar-refractivity contribution in [3.63, 3.8) is 0 Å². The van der Waals surface area contributed by atoms with E-state index in [1.807, 2.05) is 12.1 Å². The van der Waals surface area contributed by atoms with E-state index in [4.69, 9.17) is 4.84 Å². The van der Waals surface area contributed by atoms with Crippen molar-refractivity contribution in [1.29, 1.82) is 0 Å². The lowest BCUT2D eigenvalue weighted by Gasteiger charge is -2.29. The van der Waals surface area contributed by atoms with E-state index in [0.29, 0.717) is 67.0 Å². The number of nitro benzene ring substituents is 1. The summed E-state index contributed by atoms with van der Waals surface area (Å²) in [4.78, 5) is 69.8. The Balaban J connectivity index is 0.952. The number of phenolic OH excluding ortho intramolecular Hbond substituents is 1. The lowest BCUT2D eigenvalue weighted by atomic mass is 9.82. The van der Waals surface area contributed by atoms with Crippen molar-refractivity contribution in [3.8, 4) is 16.9 Å². The second-order valence-corrected chi connectivity index (χ2v) is 13.6. The van der Waals surface area contributed by atoms with Crippen LogP contribution in [-0.2, 0) is 21.0 Å². The molecule has 1 aliphatic heterocycles. The van der Waals surface area contributed by atoms with Crippen molar-refractivity contribution in [2.45, 2.75) is 6.61 Å². The van der Waals surface area contributed by atoms with Gasteiger partial charge in [0.25, 0.3) is 17.5 Å². The zero-order valence-electron chi connectivity index (χ0n) is 30.2. The smallest absolute Gasteiger partial charge is 0.271 e. The van der Waals surface area contributed by atoms with Crippen LogP contribution in [0, 0.1) is 10.1 Å². The van der Waals surface area contributed by atoms with Crippen molar-refractivity contribution in [2.24, 2.45) is 15.3 Å². The highest BCUT2D eigenvalue weighted by Crippen LogP contribution is 2.42. The van der Waals surface area contributed by atoms with Gasteiger partial charge in [0.15, 0.2) is 5.78 Å². The maximum atomic E-state index is 13.8. The van der Waals surface area contributed by atoms with E-state index in [1.54, 1.807) is 78.9 Å². The molecule has 6 aromatic rings. The number of nitrogens with one attached hydrogen (secondary N) is 2. The second-order valence-electron chi connectivity index (χ2n) is 13.6. The lowest BCUT2D eigenvalue weighted by molar-refractivity contribution is -0.384. The second kappa shape index (κ2) is 13.8. The summed E-state index contributed by atoms with van der Waals surface area (Å²) in [7, 11) is 1.37. The molecule has 0 aromatic heterocycles. The number of hydrogen-bond donors (Lipinski definition) is 3. The van der Waals surface area contributed by atoms with Crippen LogP contribution in [-0.4, -0.2) is 51.1 Å². The number of carbonyl (C=O) groups is 4. The standard InChI is InChI=1S/C43H27N7O8/c1-49-42(54)32-11-5-10-31-37(32)35(43(49)55)20-36(51)38(31)46-44-24-12-14-29-30-15-13-25(19-34(30)41(53)33(29)18-24)45-47-39-28-9-3-2-6-22(28)16-23(40(39)52)21-58-48-26-7-4-8-27(17-26)50(56)57/h2-20,44,48,52H,21H2,1H3. The minimum absolute atomic E-state index is 0.0184. The summed E-state index contributed by atoms with van der Waals surface area (Å²) >= 11 is 0. The van der Waals surface area contributed by atoms with Gasteiger partial charge in [0.1, 0.15) is 23.8 Å². The molecule has 0 bridgehead atoms. The number of nitro groups is 1. The summed E-state index contributed by atoms with van der Waals surface area (Å²) in [6.45, 7) is -0.112. The fraction of sp³-hybridized carbons (Fsp3) is 0.0465. The largest absolute Gasteiger partial charge is 0.505 e. The molecular weight excluding hydrogens is 743 g/mol. The Labute approximate surface area is 327 Å². The zero-order chi connectivity index (χ0) is 40.2. The van der Waals surface area contributed by atoms with E-state index in [1.165, 1.54) is 31.3 Å². The molecule has 0 atom stereocenters. The van der Waals surface area contributed by atoms with E-state index < -0.39 is 22.5 Å². The number of fused-ring (bicyclic) bond motifs is 4. The maximum Gasteiger partial charge on any atom is 0.271 e. The van der Waals surface area contributed by atoms with Gasteiger partial charge in [0.2, 0.25) is 5.78 Å². The molecule has 2 amide bonds. The first kappa shape index (κ1) is 35.5. The molecule has 0 unspecified atom stereocenters. The molecule has 3 aliphatic rings. The molecule has 3 N–H and O–H groups in total. The van der Waals surface area contributed by atoms with Gasteiger partial charge in [-0.15, -0.1) is 5.11 Å². The Morgan fingerprint density at radius 1 is 0.759 bits per heavy atom. The van der Waals surface area contributed by atoms with Crippen LogP contribution in [0.4, 0.5) is 28.4 Å². The molecule has 9 rings (SSSR count). The highest BCUT2D eigenvalue weighted by molar-refractivity contribution is 6.56. The number of allylic oxidation sites excluding steroid dienone is 1. The van der Waals surface area contributed by atoms with Gasteiger partial charge in [0.05, 0.1) is 27.6 Å². The van der Waals surface area contributed by atoms with Crippen LogP contribution in [0.1, 0.15) is 43.0 Å². The summed E-state index contributed by atoms with van der Waals surface area (Å²) in [5.41, 5.74) is 10.5. The summed E-state index contributed by atoms with van der Waals surface area (Å²) in [5.74, 6) is -1.98. The van der Waals surface area contributed by atoms with Crippen LogP contribution in [0.3, 0.4) is 0 Å². The molecule has 1 heterocycles. The third-order valence-electron chi connectivity index (χ3n) is 10.1. The Kier molecular flexibility index (Phi) is 8.48. The van der Waals surface area contributed by atoms with Gasteiger partial charge in [-0.2, -0.15) is 10.2 Å². The van der Waals surface area contributed by atoms with Gasteiger partial charge in [-0.05, 0) is 59.0 Å². The number of benzene rings is 6. The van der Waals surface area contributed by atoms with E-state index in [9.17, 15) is 34.4 Å². The number of phenols is 1. The molecule has 0 fully saturated rings. The van der Waals surface area contributed by atoms with Crippen molar-refractivity contribution < 1.29 is 34.0 Å². The Morgan fingerprint density at radius 2 is 1.52 bits per heavy atom. The number of aromatic hydroxyl groups is 1. The van der Waals surface area contributed by atoms with Crippen molar-refractivity contribution in [2.75, 3.05) is 18.0 Å². The average molecular weight is 770 g/mol. The predicted octanol–water partition coefficient (Wildman–Crippen LogP) is 8.02. The lowest BCUT2D eigenvalue weighted by Crippen LogP contribution is -2.41. The van der Waals surface area contributed by atoms with Gasteiger partial charge in [0, 0.05) is 64.0 Å². The summed E-state index contributed by atoms with van der Waals surface area (Å²) in [6.07, 6.45) is 1.19. The fourth-order valence-corrected chi connectivity index (χ4v) is 7.25. The Morgan fingerprint density at radius 3 is 2.34 bits per heavy atom. The number of hydrazone groups is 1. The molecule has 0 radical (unpaired) electrons. The molecule has 0 saturated carbocycles. The molecule has 15 nitrogen and oxygen atoms in total. The minimum atomic E-state index is -0.565. The molecule has 2 aliphatic carbocycles. The van der Waals surface area contributed by atoms with Crippen molar-refractivity contribution in [1.82, 2.24) is 4.90 Å². The minimum Gasteiger partial charge on any atom is -0.505 e. The van der Waals surface area contributed by atoms with Crippen molar-refractivity contribution in [3.05, 3.63) is 159 Å². The quantitative estimate of drug-likeness (QED) is 0.0558. The topological polar surface area (TPSA) is 205 Å². The van der Waals surface area contributed by atoms with Crippen LogP contribution in [0.2, 0.25) is 0 Å². The Bertz CT molecular complexity index is 2950. The number of amides is 2. The van der Waals surface area contributed by atoms with Crippen LogP contribution >= 0.6 is 0 Å². The fourth-order valence-electron chi connectivity index (χ4n) is 7.25. The van der Waals surface area contributed by atoms with E-state index >= 15 is 0 Å². The normalized spacial score (nSPS) is 14.8. The predicted molar refractivity (Wildman–Crippen MR) is 213 cm³/mol. The first-order valence-corrected chi connectivity index (χ1v) is 17.7. The highest BCUT2D eigenvalue weighted by atomic mass is 16.6. The summed E-state index contributed by atoms with van der Waals surface area (Å²) < 4.78 is 0. The third kappa shape index (κ3) is 5.95. The van der Waals surface area contributed by atoms with Gasteiger partial charge in [-0.1, -0.05) is 54.6 Å². The number of likely N-dealkylation sites (N-methyl/N-ethyl adjacent to an activating group) is 1. The highest BCUT2D eigenvalue weighted by Gasteiger charge is 2.39. The zero-order valence-corrected chi connectivity index (χ0v) is 30.2. The first-order chi connectivity index (χ1) is 28.1. The SMILES string of the molecule is CN1C(=O)C2=CC(=O)C(=NNc3ccc4c(c3)C(=O)c3cc(N=Nc5c(O)c(CONc6cccc([N+](=O)[O-])c6)cc6ccccc56)ccc3-4)c3cccc(c32)C1=O. The number of nitrogens with zero attached hydrogens (tertiary/aromatic N) is 5. The van der Waals surface area contributed by atoms with Crippen LogP contribution in [0.25, 0.3) is 27.5 Å². The molecule has 15 heteroatoms. The first-order valence-electron chi connectivity index (χ1n) is 17.7. The summed E-state index contributed by atoms with van der Waals surface area (Å²) in [6, 6.07) is 29.9. The number of azo groups is 1. The molecule has 6 aromatic carbocycles. The maximum absolute atomic E-state index is 13.8. The van der Waals surface area contributed by atoms with Crippen LogP contribution in [0.15, 0.2) is 131 Å². The molecule has 0 saturated heterocycles. The number of hydrogen-bond acceptors (Lipinski definition) is 13. The number of imide groups is 1. The van der Waals surface area contributed by atoms with E-state index in [-0.39, 0.29) is 40.8 Å². The van der Waals surface area contributed by atoms with Crippen LogP contribution < -0.4 is 10.9 Å². The van der Waals surface area contributed by atoms with Crippen molar-refractivity contribution >= 4 is 73.9 Å². The number of non-ortho nitro benzene ring substituents is 1. The van der Waals surface area contributed by atoms with Gasteiger partial charge < -0.3 is 5.11 Å². The van der Waals surface area contributed by atoms with Gasteiger partial charge in [-0.25, -0.2) is 0 Å². The number of ketones is 2. The van der Waals surface area contributed by atoms with E-state index in [0.717, 1.165) is 10.3 Å². The number of carbonyl (C=O) groups excluding carboxylic acids is 4. The molecule has 282 valence electrons. The van der Waals surface area contributed by atoms with Gasteiger partial charge in [-0.3, -0.25) is 49.9 Å². The third-order valence-corrected chi connectivity index (χ3v) is 10.1. The Hall–Kier alpha value is -8.17. The van der Waals surface area contributed by atoms with Gasteiger partial charge >= 0.3 is 0 Å². The van der Waals surface area contributed by atoms with Crippen LogP contribution in [0.5, 0.6) is 5.75 Å². The average Bonchev–Trinajstić information content (AvgIpc) is 3.51.